The molecule has 0 fully saturated rings. The Morgan fingerprint density at radius 3 is 2.58 bits per heavy atom. The number of phenolic OH excluding ortho intramolecular Hbond substituents is 1. The lowest BCUT2D eigenvalue weighted by Gasteiger charge is -2.30. The summed E-state index contributed by atoms with van der Waals surface area (Å²) in [6.45, 7) is 1.85. The molecule has 3 rings (SSSR count). The van der Waals surface area contributed by atoms with Gasteiger partial charge in [0.15, 0.2) is 5.78 Å². The quantitative estimate of drug-likeness (QED) is 0.849. The van der Waals surface area contributed by atoms with Crippen molar-refractivity contribution in [2.75, 3.05) is 0 Å². The normalized spacial score (nSPS) is 21.6. The number of ketones is 1. The van der Waals surface area contributed by atoms with Gasteiger partial charge in [-0.3, -0.25) is 4.79 Å². The van der Waals surface area contributed by atoms with E-state index in [2.05, 4.69) is 0 Å². The molecular weight excluding hydrogens is 240 g/mol. The molecular formula is C16H14O3. The van der Waals surface area contributed by atoms with E-state index < -0.39 is 0 Å². The molecule has 1 aliphatic rings. The molecule has 0 aliphatic carbocycles. The molecule has 1 aliphatic heterocycles. The van der Waals surface area contributed by atoms with Crippen molar-refractivity contribution >= 4 is 5.78 Å². The van der Waals surface area contributed by atoms with Crippen molar-refractivity contribution in [3.05, 3.63) is 59.7 Å². The Hall–Kier alpha value is -2.29. The molecule has 2 unspecified atom stereocenters. The standard InChI is InChI=1S/C16H14O3/c1-10-15(18)13-9-12(17)7-8-14(13)19-16(10)11-5-3-2-4-6-11/h2-10,16-17H,1H3. The second-order valence-electron chi connectivity index (χ2n) is 4.78. The average molecular weight is 254 g/mol. The number of carbonyl (C=O) groups is 1. The highest BCUT2D eigenvalue weighted by molar-refractivity contribution is 6.01. The SMILES string of the molecule is CC1C(=O)c2cc(O)ccc2OC1c1ccccc1. The van der Waals surface area contributed by atoms with E-state index in [9.17, 15) is 9.90 Å². The van der Waals surface area contributed by atoms with Gasteiger partial charge in [0, 0.05) is 0 Å². The maximum absolute atomic E-state index is 12.4. The molecule has 0 bridgehead atoms. The Morgan fingerprint density at radius 2 is 1.84 bits per heavy atom. The maximum atomic E-state index is 12.4. The highest BCUT2D eigenvalue weighted by Gasteiger charge is 2.35. The van der Waals surface area contributed by atoms with Crippen LogP contribution in [0.1, 0.15) is 28.9 Å². The molecule has 0 spiro atoms. The third-order valence-corrected chi connectivity index (χ3v) is 3.48. The predicted molar refractivity (Wildman–Crippen MR) is 71.4 cm³/mol. The van der Waals surface area contributed by atoms with Crippen LogP contribution < -0.4 is 4.74 Å². The fraction of sp³-hybridized carbons (Fsp3) is 0.188. The van der Waals surface area contributed by atoms with Crippen molar-refractivity contribution in [2.24, 2.45) is 5.92 Å². The van der Waals surface area contributed by atoms with Crippen molar-refractivity contribution < 1.29 is 14.6 Å². The zero-order chi connectivity index (χ0) is 13.4. The van der Waals surface area contributed by atoms with Crippen LogP contribution in [0.4, 0.5) is 0 Å². The van der Waals surface area contributed by atoms with Gasteiger partial charge in [-0.15, -0.1) is 0 Å². The fourth-order valence-electron chi connectivity index (χ4n) is 2.43. The smallest absolute Gasteiger partial charge is 0.173 e. The van der Waals surface area contributed by atoms with Crippen LogP contribution in [-0.2, 0) is 0 Å². The average Bonchev–Trinajstić information content (AvgIpc) is 2.44. The first-order valence-corrected chi connectivity index (χ1v) is 6.25. The Bertz CT molecular complexity index is 619. The first-order valence-electron chi connectivity index (χ1n) is 6.25. The van der Waals surface area contributed by atoms with Gasteiger partial charge in [-0.2, -0.15) is 0 Å². The number of rotatable bonds is 1. The van der Waals surface area contributed by atoms with E-state index in [1.807, 2.05) is 37.3 Å². The summed E-state index contributed by atoms with van der Waals surface area (Å²) >= 11 is 0. The molecule has 2 aromatic carbocycles. The minimum absolute atomic E-state index is 0.00556. The van der Waals surface area contributed by atoms with Gasteiger partial charge >= 0.3 is 0 Å². The van der Waals surface area contributed by atoms with Crippen LogP contribution in [0.15, 0.2) is 48.5 Å². The zero-order valence-corrected chi connectivity index (χ0v) is 10.5. The molecule has 0 radical (unpaired) electrons. The van der Waals surface area contributed by atoms with E-state index in [1.165, 1.54) is 12.1 Å². The lowest BCUT2D eigenvalue weighted by molar-refractivity contribution is 0.0689. The predicted octanol–water partition coefficient (Wildman–Crippen LogP) is 3.34. The number of ether oxygens (including phenoxy) is 1. The van der Waals surface area contributed by atoms with Gasteiger partial charge in [0.05, 0.1) is 11.5 Å². The van der Waals surface area contributed by atoms with Crippen LogP contribution in [0.2, 0.25) is 0 Å². The molecule has 3 nitrogen and oxygen atoms in total. The molecule has 1 N–H and O–H groups in total. The molecule has 0 saturated carbocycles. The molecule has 19 heavy (non-hydrogen) atoms. The highest BCUT2D eigenvalue weighted by atomic mass is 16.5. The van der Waals surface area contributed by atoms with Crippen molar-refractivity contribution in [3.8, 4) is 11.5 Å². The third kappa shape index (κ3) is 1.97. The number of benzene rings is 2. The molecule has 0 amide bonds. The monoisotopic (exact) mass is 254 g/mol. The summed E-state index contributed by atoms with van der Waals surface area (Å²) in [6, 6.07) is 14.4. The van der Waals surface area contributed by atoms with Crippen molar-refractivity contribution in [2.45, 2.75) is 13.0 Å². The number of hydrogen-bond acceptors (Lipinski definition) is 3. The van der Waals surface area contributed by atoms with E-state index >= 15 is 0 Å². The summed E-state index contributed by atoms with van der Waals surface area (Å²) in [5.41, 5.74) is 1.45. The van der Waals surface area contributed by atoms with Gasteiger partial charge < -0.3 is 9.84 Å². The van der Waals surface area contributed by atoms with E-state index in [4.69, 9.17) is 4.74 Å². The van der Waals surface area contributed by atoms with E-state index in [0.29, 0.717) is 11.3 Å². The van der Waals surface area contributed by atoms with Gasteiger partial charge in [-0.1, -0.05) is 37.3 Å². The summed E-state index contributed by atoms with van der Waals surface area (Å²) in [7, 11) is 0. The second kappa shape index (κ2) is 4.43. The minimum Gasteiger partial charge on any atom is -0.508 e. The summed E-state index contributed by atoms with van der Waals surface area (Å²) in [5.74, 6) is 0.360. The van der Waals surface area contributed by atoms with E-state index in [1.54, 1.807) is 6.07 Å². The third-order valence-electron chi connectivity index (χ3n) is 3.48. The van der Waals surface area contributed by atoms with Crippen LogP contribution in [0, 0.1) is 5.92 Å². The lowest BCUT2D eigenvalue weighted by Crippen LogP contribution is -2.29. The number of hydrogen-bond donors (Lipinski definition) is 1. The first kappa shape index (κ1) is 11.8. The number of carbonyl (C=O) groups excluding carboxylic acids is 1. The van der Waals surface area contributed by atoms with Gasteiger partial charge in [0.25, 0.3) is 0 Å². The van der Waals surface area contributed by atoms with E-state index in [0.717, 1.165) is 5.56 Å². The maximum Gasteiger partial charge on any atom is 0.173 e. The number of Topliss-reactive ketones (excluding diaryl/α,β-unsaturated/α-hetero) is 1. The highest BCUT2D eigenvalue weighted by Crippen LogP contribution is 2.39. The van der Waals surface area contributed by atoms with Crippen molar-refractivity contribution in [3.63, 3.8) is 0 Å². The molecule has 3 heteroatoms. The largest absolute Gasteiger partial charge is 0.508 e. The van der Waals surface area contributed by atoms with Crippen LogP contribution in [0.5, 0.6) is 11.5 Å². The Morgan fingerprint density at radius 1 is 1.11 bits per heavy atom. The summed E-state index contributed by atoms with van der Waals surface area (Å²) in [5, 5.41) is 9.47. The number of phenols is 1. The van der Waals surface area contributed by atoms with Crippen LogP contribution >= 0.6 is 0 Å². The molecule has 2 aromatic rings. The Labute approximate surface area is 111 Å². The second-order valence-corrected chi connectivity index (χ2v) is 4.78. The van der Waals surface area contributed by atoms with Crippen molar-refractivity contribution in [1.82, 2.24) is 0 Å². The number of fused-ring (bicyclic) bond motifs is 1. The minimum atomic E-state index is -0.272. The fourth-order valence-corrected chi connectivity index (χ4v) is 2.43. The first-order chi connectivity index (χ1) is 9.16. The van der Waals surface area contributed by atoms with E-state index in [-0.39, 0.29) is 23.6 Å². The Kier molecular flexibility index (Phi) is 2.75. The molecule has 0 aromatic heterocycles. The molecule has 96 valence electrons. The zero-order valence-electron chi connectivity index (χ0n) is 10.5. The van der Waals surface area contributed by atoms with Crippen LogP contribution in [-0.4, -0.2) is 10.9 Å². The van der Waals surface area contributed by atoms with Gasteiger partial charge in [-0.25, -0.2) is 0 Å². The van der Waals surface area contributed by atoms with Crippen molar-refractivity contribution in [1.29, 1.82) is 0 Å². The Balaban J connectivity index is 2.04. The van der Waals surface area contributed by atoms with Gasteiger partial charge in [-0.05, 0) is 23.8 Å². The summed E-state index contributed by atoms with van der Waals surface area (Å²) < 4.78 is 5.92. The molecule has 2 atom stereocenters. The van der Waals surface area contributed by atoms with Gasteiger partial charge in [0.1, 0.15) is 17.6 Å². The van der Waals surface area contributed by atoms with Crippen LogP contribution in [0.25, 0.3) is 0 Å². The summed E-state index contributed by atoms with van der Waals surface area (Å²) in [4.78, 5) is 12.4. The van der Waals surface area contributed by atoms with Crippen LogP contribution in [0.3, 0.4) is 0 Å². The topological polar surface area (TPSA) is 46.5 Å². The summed E-state index contributed by atoms with van der Waals surface area (Å²) in [6.07, 6.45) is -0.272. The number of aromatic hydroxyl groups is 1. The van der Waals surface area contributed by atoms with Gasteiger partial charge in [0.2, 0.25) is 0 Å². The molecule has 0 saturated heterocycles. The lowest BCUT2D eigenvalue weighted by atomic mass is 9.87. The molecule has 1 heterocycles.